The van der Waals surface area contributed by atoms with E-state index in [1.54, 1.807) is 36.4 Å². The Kier molecular flexibility index (Phi) is 8.04. The Morgan fingerprint density at radius 3 is 2.33 bits per heavy atom. The molecular formula is C23H19ClF2N2O5. The minimum Gasteiger partial charge on any atom is -0.497 e. The summed E-state index contributed by atoms with van der Waals surface area (Å²) in [5.41, 5.74) is 1.19. The van der Waals surface area contributed by atoms with E-state index in [4.69, 9.17) is 21.1 Å². The molecule has 0 saturated carbocycles. The molecule has 2 amide bonds. The third-order valence-electron chi connectivity index (χ3n) is 4.25. The number of nitrogens with one attached hydrogen (secondary N) is 2. The molecule has 172 valence electrons. The Hall–Kier alpha value is -3.85. The summed E-state index contributed by atoms with van der Waals surface area (Å²) < 4.78 is 39.4. The highest BCUT2D eigenvalue weighted by atomic mass is 35.5. The number of halogens is 3. The van der Waals surface area contributed by atoms with E-state index < -0.39 is 12.5 Å². The molecule has 0 heterocycles. The van der Waals surface area contributed by atoms with Crippen molar-refractivity contribution in [2.75, 3.05) is 24.4 Å². The fraction of sp³-hybridized carbons (Fsp3) is 0.130. The Morgan fingerprint density at radius 2 is 1.67 bits per heavy atom. The fourth-order valence-corrected chi connectivity index (χ4v) is 2.95. The number of hydrogen-bond donors (Lipinski definition) is 2. The molecule has 7 nitrogen and oxygen atoms in total. The van der Waals surface area contributed by atoms with E-state index in [1.807, 2.05) is 0 Å². The fourth-order valence-electron chi connectivity index (χ4n) is 2.72. The van der Waals surface area contributed by atoms with Gasteiger partial charge in [0.1, 0.15) is 17.2 Å². The lowest BCUT2D eigenvalue weighted by Crippen LogP contribution is -2.20. The standard InChI is InChI=1S/C23H19ClF2N2O5/c1-31-18-4-2-3-15(11-18)27-21(29)13-32-17-8-5-14(6-9-17)22(30)28-16-7-10-20(19(24)12-16)33-23(25)26/h2-12,23H,13H2,1H3,(H,27,29)(H,28,30). The summed E-state index contributed by atoms with van der Waals surface area (Å²) in [5, 5.41) is 5.23. The predicted octanol–water partition coefficient (Wildman–Crippen LogP) is 5.22. The molecule has 0 fully saturated rings. The van der Waals surface area contributed by atoms with Crippen LogP contribution in [0.15, 0.2) is 66.7 Å². The lowest BCUT2D eigenvalue weighted by Gasteiger charge is -2.10. The van der Waals surface area contributed by atoms with Crippen LogP contribution in [0, 0.1) is 0 Å². The molecule has 0 aliphatic carbocycles. The number of rotatable bonds is 9. The molecule has 0 saturated heterocycles. The Balaban J connectivity index is 1.52. The number of benzene rings is 3. The second-order valence-electron chi connectivity index (χ2n) is 6.57. The summed E-state index contributed by atoms with van der Waals surface area (Å²) in [7, 11) is 1.53. The molecule has 33 heavy (non-hydrogen) atoms. The molecule has 2 N–H and O–H groups in total. The van der Waals surface area contributed by atoms with Gasteiger partial charge in [-0.15, -0.1) is 0 Å². The van der Waals surface area contributed by atoms with Gasteiger partial charge in [0.15, 0.2) is 6.61 Å². The zero-order valence-electron chi connectivity index (χ0n) is 17.3. The molecule has 0 aliphatic rings. The van der Waals surface area contributed by atoms with Crippen LogP contribution < -0.4 is 24.8 Å². The van der Waals surface area contributed by atoms with Crippen LogP contribution in [0.2, 0.25) is 5.02 Å². The Labute approximate surface area is 193 Å². The van der Waals surface area contributed by atoms with E-state index in [9.17, 15) is 18.4 Å². The second kappa shape index (κ2) is 11.1. The van der Waals surface area contributed by atoms with Gasteiger partial charge >= 0.3 is 6.61 Å². The van der Waals surface area contributed by atoms with Gasteiger partial charge < -0.3 is 24.8 Å². The average Bonchev–Trinajstić information content (AvgIpc) is 2.79. The van der Waals surface area contributed by atoms with E-state index in [1.165, 1.54) is 37.4 Å². The Bertz CT molecular complexity index is 1130. The summed E-state index contributed by atoms with van der Waals surface area (Å²) in [6.45, 7) is -3.23. The molecule has 0 atom stereocenters. The molecule has 0 bridgehead atoms. The molecular weight excluding hydrogens is 458 g/mol. The molecule has 3 aromatic rings. The molecule has 0 unspecified atom stereocenters. The minimum atomic E-state index is -3.00. The van der Waals surface area contributed by atoms with Crippen LogP contribution in [0.25, 0.3) is 0 Å². The maximum Gasteiger partial charge on any atom is 0.387 e. The van der Waals surface area contributed by atoms with Gasteiger partial charge in [0.2, 0.25) is 0 Å². The lowest BCUT2D eigenvalue weighted by molar-refractivity contribution is -0.118. The normalized spacial score (nSPS) is 10.5. The van der Waals surface area contributed by atoms with Crippen molar-refractivity contribution in [3.05, 3.63) is 77.3 Å². The van der Waals surface area contributed by atoms with Crippen LogP contribution in [-0.2, 0) is 4.79 Å². The maximum atomic E-state index is 12.4. The molecule has 0 radical (unpaired) electrons. The zero-order chi connectivity index (χ0) is 23.8. The zero-order valence-corrected chi connectivity index (χ0v) is 18.1. The van der Waals surface area contributed by atoms with Crippen molar-refractivity contribution >= 4 is 34.8 Å². The van der Waals surface area contributed by atoms with Crippen molar-refractivity contribution in [1.82, 2.24) is 0 Å². The number of anilines is 2. The molecule has 0 aliphatic heterocycles. The first kappa shape index (κ1) is 23.8. The highest BCUT2D eigenvalue weighted by Gasteiger charge is 2.12. The maximum absolute atomic E-state index is 12.4. The molecule has 0 aromatic heterocycles. The summed E-state index contributed by atoms with van der Waals surface area (Å²) >= 11 is 5.89. The van der Waals surface area contributed by atoms with Crippen LogP contribution in [-0.4, -0.2) is 32.1 Å². The summed E-state index contributed by atoms with van der Waals surface area (Å²) in [4.78, 5) is 24.5. The smallest absolute Gasteiger partial charge is 0.387 e. The number of amides is 2. The molecule has 3 aromatic carbocycles. The quantitative estimate of drug-likeness (QED) is 0.442. The first-order valence-corrected chi connectivity index (χ1v) is 9.94. The van der Waals surface area contributed by atoms with Crippen LogP contribution in [0.5, 0.6) is 17.2 Å². The van der Waals surface area contributed by atoms with Gasteiger partial charge in [-0.2, -0.15) is 8.78 Å². The lowest BCUT2D eigenvalue weighted by atomic mass is 10.2. The van der Waals surface area contributed by atoms with Crippen LogP contribution in [0.3, 0.4) is 0 Å². The van der Waals surface area contributed by atoms with Crippen LogP contribution >= 0.6 is 11.6 Å². The van der Waals surface area contributed by atoms with Crippen LogP contribution in [0.4, 0.5) is 20.2 Å². The molecule has 10 heteroatoms. The number of methoxy groups -OCH3 is 1. The number of hydrogen-bond acceptors (Lipinski definition) is 5. The minimum absolute atomic E-state index is 0.0657. The number of alkyl halides is 2. The van der Waals surface area contributed by atoms with Crippen LogP contribution in [0.1, 0.15) is 10.4 Å². The topological polar surface area (TPSA) is 85.9 Å². The predicted molar refractivity (Wildman–Crippen MR) is 120 cm³/mol. The summed E-state index contributed by atoms with van der Waals surface area (Å²) in [6, 6.07) is 16.9. The summed E-state index contributed by atoms with van der Waals surface area (Å²) in [6.07, 6.45) is 0. The van der Waals surface area contributed by atoms with Gasteiger partial charge in [-0.25, -0.2) is 0 Å². The van der Waals surface area contributed by atoms with Crippen molar-refractivity contribution in [3.63, 3.8) is 0 Å². The van der Waals surface area contributed by atoms with Gasteiger partial charge in [0, 0.05) is 23.0 Å². The van der Waals surface area contributed by atoms with Crippen molar-refractivity contribution in [3.8, 4) is 17.2 Å². The highest BCUT2D eigenvalue weighted by Crippen LogP contribution is 2.29. The van der Waals surface area contributed by atoms with E-state index in [0.717, 1.165) is 0 Å². The Morgan fingerprint density at radius 1 is 0.939 bits per heavy atom. The van der Waals surface area contributed by atoms with Gasteiger partial charge in [-0.05, 0) is 54.6 Å². The summed E-state index contributed by atoms with van der Waals surface area (Å²) in [5.74, 6) is 0.00455. The van der Waals surface area contributed by atoms with Gasteiger partial charge in [0.25, 0.3) is 11.8 Å². The van der Waals surface area contributed by atoms with E-state index in [-0.39, 0.29) is 23.3 Å². The van der Waals surface area contributed by atoms with E-state index in [2.05, 4.69) is 15.4 Å². The molecule has 3 rings (SSSR count). The van der Waals surface area contributed by atoms with Crippen molar-refractivity contribution in [2.24, 2.45) is 0 Å². The average molecular weight is 477 g/mol. The number of ether oxygens (including phenoxy) is 3. The number of carbonyl (C=O) groups is 2. The molecule has 0 spiro atoms. The van der Waals surface area contributed by atoms with Crippen molar-refractivity contribution in [1.29, 1.82) is 0 Å². The highest BCUT2D eigenvalue weighted by molar-refractivity contribution is 6.32. The first-order valence-electron chi connectivity index (χ1n) is 9.56. The van der Waals surface area contributed by atoms with E-state index >= 15 is 0 Å². The van der Waals surface area contributed by atoms with Gasteiger partial charge in [-0.1, -0.05) is 17.7 Å². The largest absolute Gasteiger partial charge is 0.497 e. The third-order valence-corrected chi connectivity index (χ3v) is 4.54. The SMILES string of the molecule is COc1cccc(NC(=O)COc2ccc(C(=O)Nc3ccc(OC(F)F)c(Cl)c3)cc2)c1. The van der Waals surface area contributed by atoms with Gasteiger partial charge in [-0.3, -0.25) is 9.59 Å². The first-order chi connectivity index (χ1) is 15.8. The number of carbonyl (C=O) groups excluding carboxylic acids is 2. The second-order valence-corrected chi connectivity index (χ2v) is 6.98. The third kappa shape index (κ3) is 7.08. The van der Waals surface area contributed by atoms with Gasteiger partial charge in [0.05, 0.1) is 12.1 Å². The van der Waals surface area contributed by atoms with E-state index in [0.29, 0.717) is 28.4 Å². The van der Waals surface area contributed by atoms with Crippen molar-refractivity contribution < 1.29 is 32.6 Å². The van der Waals surface area contributed by atoms with Crippen molar-refractivity contribution in [2.45, 2.75) is 6.61 Å². The monoisotopic (exact) mass is 476 g/mol.